The minimum Gasteiger partial charge on any atom is -0.492 e. The van der Waals surface area contributed by atoms with Crippen molar-refractivity contribution < 1.29 is 18.3 Å². The van der Waals surface area contributed by atoms with Gasteiger partial charge in [-0.25, -0.2) is 13.8 Å². The fourth-order valence-corrected chi connectivity index (χ4v) is 3.85. The Morgan fingerprint density at radius 3 is 2.72 bits per heavy atom. The molecule has 1 saturated carbocycles. The van der Waals surface area contributed by atoms with Crippen LogP contribution in [0.25, 0.3) is 0 Å². The quantitative estimate of drug-likeness (QED) is 0.681. The Hall–Kier alpha value is -2.81. The van der Waals surface area contributed by atoms with E-state index in [0.29, 0.717) is 29.7 Å². The monoisotopic (exact) mass is 446 g/mol. The molecular weight excluding hydrogens is 418 g/mol. The number of aromatic amines is 1. The highest BCUT2D eigenvalue weighted by atomic mass is 19.3. The average molecular weight is 446 g/mol. The van der Waals surface area contributed by atoms with Crippen molar-refractivity contribution in [3.05, 3.63) is 52.6 Å². The smallest absolute Gasteiger partial charge is 0.257 e. The molecule has 2 aliphatic rings. The first-order valence-corrected chi connectivity index (χ1v) is 10.9. The van der Waals surface area contributed by atoms with Gasteiger partial charge in [-0.2, -0.15) is 0 Å². The fourth-order valence-electron chi connectivity index (χ4n) is 3.85. The second-order valence-corrected chi connectivity index (χ2v) is 9.14. The van der Waals surface area contributed by atoms with Gasteiger partial charge in [-0.3, -0.25) is 14.5 Å². The van der Waals surface area contributed by atoms with Crippen LogP contribution in [-0.4, -0.2) is 51.9 Å². The molecule has 1 aliphatic carbocycles. The molecule has 0 radical (unpaired) electrons. The van der Waals surface area contributed by atoms with E-state index in [1.54, 1.807) is 37.1 Å². The summed E-state index contributed by atoms with van der Waals surface area (Å²) in [5.74, 6) is -2.73. The van der Waals surface area contributed by atoms with Crippen LogP contribution in [0.15, 0.2) is 41.5 Å². The van der Waals surface area contributed by atoms with E-state index in [9.17, 15) is 18.4 Å². The lowest BCUT2D eigenvalue weighted by Crippen LogP contribution is -2.58. The number of anilines is 1. The molecule has 9 heteroatoms. The summed E-state index contributed by atoms with van der Waals surface area (Å²) in [5, 5.41) is 2.78. The predicted molar refractivity (Wildman–Crippen MR) is 116 cm³/mol. The standard InChI is InChI=1S/C23H28F2N4O3/c1-22(2,21(31)28-19-7-6-17(12-26-19)32-14-15-3-4-15)29-10-9-23(24,25)18(13-29)16-5-8-20(30)27-11-16/h5-8,11-12,15,18H,3-4,9-10,13-14H2,1-2H3,(H,27,30)(H,26,28,31)/t18-/m1/s1. The number of carbonyl (C=O) groups excluding carboxylic acids is 1. The molecule has 2 N–H and O–H groups in total. The summed E-state index contributed by atoms with van der Waals surface area (Å²) in [6.45, 7) is 4.16. The van der Waals surface area contributed by atoms with Crippen molar-refractivity contribution in [3.8, 4) is 5.75 Å². The van der Waals surface area contributed by atoms with Gasteiger partial charge in [0.05, 0.1) is 24.3 Å². The second-order valence-electron chi connectivity index (χ2n) is 9.14. The van der Waals surface area contributed by atoms with E-state index in [0.717, 1.165) is 0 Å². The van der Waals surface area contributed by atoms with Crippen LogP contribution in [0.5, 0.6) is 5.75 Å². The highest BCUT2D eigenvalue weighted by Crippen LogP contribution is 2.41. The number of alkyl halides is 2. The van der Waals surface area contributed by atoms with Crippen molar-refractivity contribution in [3.63, 3.8) is 0 Å². The molecule has 4 rings (SSSR count). The summed E-state index contributed by atoms with van der Waals surface area (Å²) in [5.41, 5.74) is -1.04. The number of aromatic nitrogens is 2. The summed E-state index contributed by atoms with van der Waals surface area (Å²) in [7, 11) is 0. The largest absolute Gasteiger partial charge is 0.492 e. The van der Waals surface area contributed by atoms with Gasteiger partial charge in [-0.15, -0.1) is 0 Å². The molecule has 1 amide bonds. The zero-order chi connectivity index (χ0) is 22.9. The number of halogens is 2. The third-order valence-corrected chi connectivity index (χ3v) is 6.35. The Morgan fingerprint density at radius 2 is 2.09 bits per heavy atom. The summed E-state index contributed by atoms with van der Waals surface area (Å²) in [4.78, 5) is 32.8. The Morgan fingerprint density at radius 1 is 1.31 bits per heavy atom. The third-order valence-electron chi connectivity index (χ3n) is 6.35. The van der Waals surface area contributed by atoms with Crippen LogP contribution in [-0.2, 0) is 4.79 Å². The zero-order valence-electron chi connectivity index (χ0n) is 18.2. The lowest BCUT2D eigenvalue weighted by molar-refractivity contribution is -0.134. The molecule has 172 valence electrons. The molecule has 0 unspecified atom stereocenters. The van der Waals surface area contributed by atoms with Crippen LogP contribution in [0, 0.1) is 5.92 Å². The summed E-state index contributed by atoms with van der Waals surface area (Å²) >= 11 is 0. The van der Waals surface area contributed by atoms with E-state index < -0.39 is 17.4 Å². The van der Waals surface area contributed by atoms with Crippen molar-refractivity contribution in [1.29, 1.82) is 0 Å². The lowest BCUT2D eigenvalue weighted by atomic mass is 9.85. The van der Waals surface area contributed by atoms with Crippen molar-refractivity contribution in [2.75, 3.05) is 25.0 Å². The van der Waals surface area contributed by atoms with E-state index >= 15 is 0 Å². The number of ether oxygens (including phenoxy) is 1. The van der Waals surface area contributed by atoms with Gasteiger partial charge in [-0.1, -0.05) is 6.07 Å². The number of nitrogens with zero attached hydrogens (tertiary/aromatic N) is 2. The number of amides is 1. The van der Waals surface area contributed by atoms with E-state index in [-0.39, 0.29) is 31.0 Å². The van der Waals surface area contributed by atoms with Crippen LogP contribution < -0.4 is 15.6 Å². The van der Waals surface area contributed by atoms with E-state index in [1.807, 2.05) is 0 Å². The lowest BCUT2D eigenvalue weighted by Gasteiger charge is -2.45. The van der Waals surface area contributed by atoms with Crippen molar-refractivity contribution in [1.82, 2.24) is 14.9 Å². The molecule has 32 heavy (non-hydrogen) atoms. The highest BCUT2D eigenvalue weighted by Gasteiger charge is 2.49. The van der Waals surface area contributed by atoms with Gasteiger partial charge in [0.2, 0.25) is 11.5 Å². The predicted octanol–water partition coefficient (Wildman–Crippen LogP) is 3.40. The van der Waals surface area contributed by atoms with Crippen molar-refractivity contribution in [2.45, 2.75) is 50.5 Å². The minimum atomic E-state index is -2.93. The summed E-state index contributed by atoms with van der Waals surface area (Å²) in [6.07, 6.45) is 4.91. The van der Waals surface area contributed by atoms with Gasteiger partial charge in [-0.05, 0) is 50.3 Å². The fraction of sp³-hybridized carbons (Fsp3) is 0.522. The van der Waals surface area contributed by atoms with Gasteiger partial charge >= 0.3 is 0 Å². The molecule has 1 atom stereocenters. The van der Waals surface area contributed by atoms with Crippen LogP contribution in [0.4, 0.5) is 14.6 Å². The van der Waals surface area contributed by atoms with Crippen molar-refractivity contribution >= 4 is 11.7 Å². The van der Waals surface area contributed by atoms with Gasteiger partial charge in [0.15, 0.2) is 0 Å². The molecule has 0 bridgehead atoms. The molecule has 2 fully saturated rings. The first-order valence-electron chi connectivity index (χ1n) is 10.9. The van der Waals surface area contributed by atoms with Crippen LogP contribution in [0.1, 0.15) is 44.6 Å². The Labute approximate surface area is 185 Å². The zero-order valence-corrected chi connectivity index (χ0v) is 18.2. The number of pyridine rings is 2. The SMILES string of the molecule is CC(C)(C(=O)Nc1ccc(OCC2CC2)cn1)N1CCC(F)(F)[C@@H](c2ccc(=O)[nH]c2)C1. The average Bonchev–Trinajstić information content (AvgIpc) is 3.58. The minimum absolute atomic E-state index is 0.0131. The van der Waals surface area contributed by atoms with Crippen molar-refractivity contribution in [2.24, 2.45) is 5.92 Å². The number of nitrogens with one attached hydrogen (secondary N) is 2. The number of H-pyrrole nitrogens is 1. The molecule has 1 saturated heterocycles. The Bertz CT molecular complexity index is 998. The molecular formula is C23H28F2N4O3. The van der Waals surface area contributed by atoms with E-state index in [1.165, 1.54) is 31.2 Å². The van der Waals surface area contributed by atoms with Gasteiger partial charge in [0, 0.05) is 31.8 Å². The number of hydrogen-bond acceptors (Lipinski definition) is 5. The van der Waals surface area contributed by atoms with Crippen LogP contribution in [0.3, 0.4) is 0 Å². The Balaban J connectivity index is 1.42. The maximum Gasteiger partial charge on any atom is 0.257 e. The maximum absolute atomic E-state index is 14.7. The summed E-state index contributed by atoms with van der Waals surface area (Å²) in [6, 6.07) is 6.09. The highest BCUT2D eigenvalue weighted by molar-refractivity contribution is 5.96. The number of likely N-dealkylation sites (tertiary alicyclic amines) is 1. The van der Waals surface area contributed by atoms with Gasteiger partial charge in [0.1, 0.15) is 11.6 Å². The van der Waals surface area contributed by atoms with E-state index in [2.05, 4.69) is 15.3 Å². The number of rotatable bonds is 7. The topological polar surface area (TPSA) is 87.3 Å². The number of piperidine rings is 1. The Kier molecular flexibility index (Phi) is 6.03. The third kappa shape index (κ3) is 4.98. The van der Waals surface area contributed by atoms with Crippen LogP contribution >= 0.6 is 0 Å². The number of carbonyl (C=O) groups is 1. The molecule has 1 aliphatic heterocycles. The number of hydrogen-bond donors (Lipinski definition) is 2. The normalized spacial score (nSPS) is 21.2. The molecule has 3 heterocycles. The van der Waals surface area contributed by atoms with E-state index in [4.69, 9.17) is 4.74 Å². The molecule has 2 aromatic heterocycles. The molecule has 0 spiro atoms. The first-order chi connectivity index (χ1) is 15.1. The molecule has 0 aromatic carbocycles. The summed E-state index contributed by atoms with van der Waals surface area (Å²) < 4.78 is 35.0. The van der Waals surface area contributed by atoms with Gasteiger partial charge in [0.25, 0.3) is 5.92 Å². The maximum atomic E-state index is 14.7. The van der Waals surface area contributed by atoms with Crippen LogP contribution in [0.2, 0.25) is 0 Å². The first kappa shape index (κ1) is 22.4. The molecule has 7 nitrogen and oxygen atoms in total. The molecule has 2 aromatic rings. The second kappa shape index (κ2) is 8.61. The van der Waals surface area contributed by atoms with Gasteiger partial charge < -0.3 is 15.0 Å².